The Morgan fingerprint density at radius 2 is 2.00 bits per heavy atom. The van der Waals surface area contributed by atoms with Crippen molar-refractivity contribution in [2.75, 3.05) is 11.9 Å². The number of ether oxygens (including phenoxy) is 1. The number of hydrogen-bond donors (Lipinski definition) is 1. The Labute approximate surface area is 128 Å². The molecule has 20 heavy (non-hydrogen) atoms. The molecular weight excluding hydrogens is 314 g/mol. The average Bonchev–Trinajstić information content (AvgIpc) is 2.47. The van der Waals surface area contributed by atoms with E-state index in [0.29, 0.717) is 12.1 Å². The number of anilines is 1. The zero-order valence-electron chi connectivity index (χ0n) is 11.7. The zero-order valence-corrected chi connectivity index (χ0v) is 13.3. The largest absolute Gasteiger partial charge is 0.382 e. The standard InChI is InChI=1S/C17H20BrNO/c1-2-17-11-16(7-8-20-17)19-15-6-4-12-9-14(18)5-3-13(12)10-15/h3-6,9-10,16-17,19H,2,7-8,11H2,1H3. The van der Waals surface area contributed by atoms with Crippen LogP contribution in [-0.2, 0) is 4.74 Å². The van der Waals surface area contributed by atoms with Gasteiger partial charge in [0, 0.05) is 22.8 Å². The Morgan fingerprint density at radius 3 is 2.85 bits per heavy atom. The third kappa shape index (κ3) is 3.15. The van der Waals surface area contributed by atoms with Crippen LogP contribution in [0.1, 0.15) is 26.2 Å². The molecule has 1 aliphatic rings. The quantitative estimate of drug-likeness (QED) is 0.855. The highest BCUT2D eigenvalue weighted by Gasteiger charge is 2.20. The first-order valence-corrected chi connectivity index (χ1v) is 8.11. The Bertz CT molecular complexity index is 599. The molecule has 0 saturated carbocycles. The third-order valence-electron chi connectivity index (χ3n) is 4.00. The van der Waals surface area contributed by atoms with Gasteiger partial charge in [0.15, 0.2) is 0 Å². The second kappa shape index (κ2) is 6.15. The lowest BCUT2D eigenvalue weighted by Gasteiger charge is -2.30. The number of nitrogens with one attached hydrogen (secondary N) is 1. The van der Waals surface area contributed by atoms with Crippen LogP contribution in [-0.4, -0.2) is 18.8 Å². The molecule has 1 saturated heterocycles. The Balaban J connectivity index is 1.75. The summed E-state index contributed by atoms with van der Waals surface area (Å²) in [6.07, 6.45) is 3.71. The molecule has 0 radical (unpaired) electrons. The first kappa shape index (κ1) is 13.9. The molecule has 1 fully saturated rings. The Morgan fingerprint density at radius 1 is 1.20 bits per heavy atom. The van der Waals surface area contributed by atoms with Gasteiger partial charge < -0.3 is 10.1 Å². The Kier molecular flexibility index (Phi) is 4.27. The number of hydrogen-bond acceptors (Lipinski definition) is 2. The van der Waals surface area contributed by atoms with Crippen molar-refractivity contribution in [1.29, 1.82) is 0 Å². The molecule has 2 aromatic rings. The second-order valence-electron chi connectivity index (χ2n) is 5.47. The van der Waals surface area contributed by atoms with Gasteiger partial charge in [-0.1, -0.05) is 35.0 Å². The van der Waals surface area contributed by atoms with Gasteiger partial charge in [0.1, 0.15) is 0 Å². The van der Waals surface area contributed by atoms with Gasteiger partial charge in [-0.3, -0.25) is 0 Å². The van der Waals surface area contributed by atoms with Gasteiger partial charge in [-0.2, -0.15) is 0 Å². The molecule has 2 atom stereocenters. The van der Waals surface area contributed by atoms with E-state index < -0.39 is 0 Å². The van der Waals surface area contributed by atoms with Crippen LogP contribution >= 0.6 is 15.9 Å². The van der Waals surface area contributed by atoms with Gasteiger partial charge in [-0.15, -0.1) is 0 Å². The van der Waals surface area contributed by atoms with E-state index >= 15 is 0 Å². The van der Waals surface area contributed by atoms with Crippen molar-refractivity contribution in [1.82, 2.24) is 0 Å². The van der Waals surface area contributed by atoms with Crippen molar-refractivity contribution >= 4 is 32.4 Å². The molecule has 1 N–H and O–H groups in total. The molecule has 2 aromatic carbocycles. The summed E-state index contributed by atoms with van der Waals surface area (Å²) in [7, 11) is 0. The summed E-state index contributed by atoms with van der Waals surface area (Å²) in [5, 5.41) is 6.20. The molecule has 1 heterocycles. The van der Waals surface area contributed by atoms with Crippen LogP contribution in [0.15, 0.2) is 40.9 Å². The lowest BCUT2D eigenvalue weighted by molar-refractivity contribution is 0.00926. The zero-order chi connectivity index (χ0) is 13.9. The molecule has 0 aromatic heterocycles. The fraction of sp³-hybridized carbons (Fsp3) is 0.412. The van der Waals surface area contributed by atoms with Crippen LogP contribution in [0.25, 0.3) is 10.8 Å². The van der Waals surface area contributed by atoms with E-state index in [-0.39, 0.29) is 0 Å². The number of halogens is 1. The minimum atomic E-state index is 0.415. The molecule has 3 heteroatoms. The molecule has 3 rings (SSSR count). The molecule has 0 spiro atoms. The fourth-order valence-corrected chi connectivity index (χ4v) is 3.22. The summed E-state index contributed by atoms with van der Waals surface area (Å²) in [6.45, 7) is 3.07. The van der Waals surface area contributed by atoms with Crippen LogP contribution in [0.2, 0.25) is 0 Å². The topological polar surface area (TPSA) is 21.3 Å². The van der Waals surface area contributed by atoms with Crippen molar-refractivity contribution in [3.05, 3.63) is 40.9 Å². The summed E-state index contributed by atoms with van der Waals surface area (Å²) in [4.78, 5) is 0. The van der Waals surface area contributed by atoms with Crippen LogP contribution in [0.3, 0.4) is 0 Å². The monoisotopic (exact) mass is 333 g/mol. The third-order valence-corrected chi connectivity index (χ3v) is 4.49. The maximum atomic E-state index is 5.73. The second-order valence-corrected chi connectivity index (χ2v) is 6.39. The molecule has 2 unspecified atom stereocenters. The Hall–Kier alpha value is -1.06. The minimum Gasteiger partial charge on any atom is -0.382 e. The highest BCUT2D eigenvalue weighted by Crippen LogP contribution is 2.25. The first-order valence-electron chi connectivity index (χ1n) is 7.32. The molecule has 0 bridgehead atoms. The fourth-order valence-electron chi connectivity index (χ4n) is 2.84. The molecule has 0 aliphatic carbocycles. The predicted molar refractivity (Wildman–Crippen MR) is 88.3 cm³/mol. The van der Waals surface area contributed by atoms with Gasteiger partial charge in [0.25, 0.3) is 0 Å². The van der Waals surface area contributed by atoms with Gasteiger partial charge >= 0.3 is 0 Å². The summed E-state index contributed by atoms with van der Waals surface area (Å²) in [5.74, 6) is 0. The summed E-state index contributed by atoms with van der Waals surface area (Å²) in [5.41, 5.74) is 1.21. The van der Waals surface area contributed by atoms with E-state index in [9.17, 15) is 0 Å². The van der Waals surface area contributed by atoms with E-state index in [1.807, 2.05) is 0 Å². The van der Waals surface area contributed by atoms with Crippen LogP contribution in [0, 0.1) is 0 Å². The SMILES string of the molecule is CCC1CC(Nc2ccc3cc(Br)ccc3c2)CCO1. The van der Waals surface area contributed by atoms with Crippen molar-refractivity contribution in [3.63, 3.8) is 0 Å². The normalized spacial score (nSPS) is 22.9. The summed E-state index contributed by atoms with van der Waals surface area (Å²) in [6, 6.07) is 13.5. The molecule has 106 valence electrons. The predicted octanol–water partition coefficient (Wildman–Crippen LogP) is 4.97. The van der Waals surface area contributed by atoms with Gasteiger partial charge in [-0.25, -0.2) is 0 Å². The van der Waals surface area contributed by atoms with E-state index in [2.05, 4.69) is 64.6 Å². The van der Waals surface area contributed by atoms with Crippen molar-refractivity contribution in [2.24, 2.45) is 0 Å². The van der Waals surface area contributed by atoms with Gasteiger partial charge in [-0.05, 0) is 54.3 Å². The highest BCUT2D eigenvalue weighted by molar-refractivity contribution is 9.10. The molecule has 1 aliphatic heterocycles. The number of benzene rings is 2. The highest BCUT2D eigenvalue weighted by atomic mass is 79.9. The van der Waals surface area contributed by atoms with E-state index in [1.165, 1.54) is 16.5 Å². The molecule has 0 amide bonds. The number of rotatable bonds is 3. The summed E-state index contributed by atoms with van der Waals surface area (Å²) < 4.78 is 6.86. The van der Waals surface area contributed by atoms with Gasteiger partial charge in [0.05, 0.1) is 6.10 Å². The molecular formula is C17H20BrNO. The molecule has 2 nitrogen and oxygen atoms in total. The average molecular weight is 334 g/mol. The number of fused-ring (bicyclic) bond motifs is 1. The van der Waals surface area contributed by atoms with E-state index in [1.54, 1.807) is 0 Å². The van der Waals surface area contributed by atoms with Crippen LogP contribution in [0.5, 0.6) is 0 Å². The lowest BCUT2D eigenvalue weighted by atomic mass is 10.0. The van der Waals surface area contributed by atoms with Crippen LogP contribution in [0.4, 0.5) is 5.69 Å². The van der Waals surface area contributed by atoms with Crippen molar-refractivity contribution in [2.45, 2.75) is 38.3 Å². The summed E-state index contributed by atoms with van der Waals surface area (Å²) >= 11 is 3.52. The smallest absolute Gasteiger partial charge is 0.0592 e. The van der Waals surface area contributed by atoms with Crippen molar-refractivity contribution < 1.29 is 4.74 Å². The van der Waals surface area contributed by atoms with Crippen molar-refractivity contribution in [3.8, 4) is 0 Å². The van der Waals surface area contributed by atoms with E-state index in [4.69, 9.17) is 4.74 Å². The maximum Gasteiger partial charge on any atom is 0.0592 e. The lowest BCUT2D eigenvalue weighted by Crippen LogP contribution is -2.33. The van der Waals surface area contributed by atoms with E-state index in [0.717, 1.165) is 30.3 Å². The first-order chi connectivity index (χ1) is 9.74. The van der Waals surface area contributed by atoms with Gasteiger partial charge in [0.2, 0.25) is 0 Å². The minimum absolute atomic E-state index is 0.415. The van der Waals surface area contributed by atoms with Crippen LogP contribution < -0.4 is 5.32 Å². The maximum absolute atomic E-state index is 5.73.